The zero-order valence-corrected chi connectivity index (χ0v) is 16.5. The van der Waals surface area contributed by atoms with Crippen molar-refractivity contribution in [2.75, 3.05) is 31.1 Å². The van der Waals surface area contributed by atoms with E-state index in [0.29, 0.717) is 5.92 Å². The van der Waals surface area contributed by atoms with Gasteiger partial charge in [-0.25, -0.2) is 4.98 Å². The number of halogens is 2. The lowest BCUT2D eigenvalue weighted by Gasteiger charge is -2.35. The van der Waals surface area contributed by atoms with E-state index in [1.165, 1.54) is 19.3 Å². The molecule has 2 aliphatic heterocycles. The van der Waals surface area contributed by atoms with Crippen molar-refractivity contribution in [3.8, 4) is 0 Å². The monoisotopic (exact) mass is 388 g/mol. The molecule has 0 spiro atoms. The Balaban J connectivity index is 0.00000156. The highest BCUT2D eigenvalue weighted by molar-refractivity contribution is 5.99. The lowest BCUT2D eigenvalue weighted by molar-refractivity contribution is 0.0681. The number of hydrogen-bond donors (Lipinski definition) is 1. The van der Waals surface area contributed by atoms with Gasteiger partial charge in [-0.3, -0.25) is 4.79 Å². The Hall–Kier alpha value is -1.04. The minimum Gasteiger partial charge on any atom is -0.356 e. The first kappa shape index (κ1) is 22.0. The maximum absolute atomic E-state index is 13.0. The highest BCUT2D eigenvalue weighted by Crippen LogP contribution is 2.26. The molecule has 2 N–H and O–H groups in total. The molecule has 1 aromatic rings. The Labute approximate surface area is 163 Å². The third-order valence-corrected chi connectivity index (χ3v) is 5.24. The van der Waals surface area contributed by atoms with Gasteiger partial charge in [-0.1, -0.05) is 0 Å². The number of carbonyl (C=O) groups excluding carboxylic acids is 1. The van der Waals surface area contributed by atoms with Gasteiger partial charge in [0.25, 0.3) is 5.91 Å². The third-order valence-electron chi connectivity index (χ3n) is 5.24. The van der Waals surface area contributed by atoms with Crippen LogP contribution < -0.4 is 10.6 Å². The molecule has 1 amide bonds. The Kier molecular flexibility index (Phi) is 8.97. The summed E-state index contributed by atoms with van der Waals surface area (Å²) in [6.45, 7) is 5.69. The topological polar surface area (TPSA) is 62.5 Å². The maximum Gasteiger partial charge on any atom is 0.257 e. The summed E-state index contributed by atoms with van der Waals surface area (Å²) >= 11 is 0. The Morgan fingerprint density at radius 2 is 1.80 bits per heavy atom. The van der Waals surface area contributed by atoms with E-state index >= 15 is 0 Å². The molecule has 0 bridgehead atoms. The average Bonchev–Trinajstić information content (AvgIpc) is 2.62. The Bertz CT molecular complexity index is 542. The van der Waals surface area contributed by atoms with Gasteiger partial charge in [0.1, 0.15) is 5.82 Å². The van der Waals surface area contributed by atoms with Crippen LogP contribution in [0.1, 0.15) is 49.4 Å². The van der Waals surface area contributed by atoms with Gasteiger partial charge in [-0.2, -0.15) is 0 Å². The number of rotatable bonds is 3. The first-order chi connectivity index (χ1) is 11.2. The van der Waals surface area contributed by atoms with Crippen molar-refractivity contribution in [1.29, 1.82) is 0 Å². The van der Waals surface area contributed by atoms with E-state index < -0.39 is 0 Å². The molecule has 2 aliphatic rings. The van der Waals surface area contributed by atoms with Crippen LogP contribution in [0.2, 0.25) is 0 Å². The molecule has 25 heavy (non-hydrogen) atoms. The fraction of sp³-hybridized carbons (Fsp3) is 0.667. The van der Waals surface area contributed by atoms with E-state index in [2.05, 4.69) is 16.8 Å². The van der Waals surface area contributed by atoms with Crippen LogP contribution >= 0.6 is 24.8 Å². The fourth-order valence-corrected chi connectivity index (χ4v) is 3.72. The summed E-state index contributed by atoms with van der Waals surface area (Å²) in [5.74, 6) is 1.53. The summed E-state index contributed by atoms with van der Waals surface area (Å²) in [5, 5.41) is 0. The number of hydrogen-bond acceptors (Lipinski definition) is 4. The number of anilines is 1. The van der Waals surface area contributed by atoms with E-state index in [1.807, 2.05) is 17.0 Å². The van der Waals surface area contributed by atoms with E-state index in [0.717, 1.165) is 50.4 Å². The van der Waals surface area contributed by atoms with Crippen LogP contribution in [-0.2, 0) is 0 Å². The van der Waals surface area contributed by atoms with Gasteiger partial charge in [-0.05, 0) is 57.1 Å². The van der Waals surface area contributed by atoms with Crippen LogP contribution in [0.5, 0.6) is 0 Å². The molecule has 1 aromatic heterocycles. The van der Waals surface area contributed by atoms with Crippen molar-refractivity contribution < 1.29 is 4.79 Å². The molecule has 3 heterocycles. The lowest BCUT2D eigenvalue weighted by atomic mass is 9.90. The zero-order chi connectivity index (χ0) is 16.2. The minimum absolute atomic E-state index is 0. The standard InChI is InChI=1S/C18H28N4O.2ClH/c1-14(19)15-7-12-22(13-8-15)18(23)16-6-5-9-20-17(16)21-10-3-2-4-11-21;;/h5-6,9,14-15H,2-4,7-8,10-13,19H2,1H3;2*1H. The molecule has 0 saturated carbocycles. The molecule has 5 nitrogen and oxygen atoms in total. The van der Waals surface area contributed by atoms with Crippen molar-refractivity contribution in [3.63, 3.8) is 0 Å². The van der Waals surface area contributed by atoms with Gasteiger partial charge in [0.2, 0.25) is 0 Å². The summed E-state index contributed by atoms with van der Waals surface area (Å²) in [5.41, 5.74) is 6.76. The molecule has 1 unspecified atom stereocenters. The second-order valence-corrected chi connectivity index (χ2v) is 6.91. The number of nitrogens with zero attached hydrogens (tertiary/aromatic N) is 3. The predicted molar refractivity (Wildman–Crippen MR) is 107 cm³/mol. The summed E-state index contributed by atoms with van der Waals surface area (Å²) < 4.78 is 0. The lowest BCUT2D eigenvalue weighted by Crippen LogP contribution is -2.43. The van der Waals surface area contributed by atoms with Gasteiger partial charge in [0, 0.05) is 38.4 Å². The van der Waals surface area contributed by atoms with Crippen LogP contribution in [-0.4, -0.2) is 48.0 Å². The molecule has 2 saturated heterocycles. The second-order valence-electron chi connectivity index (χ2n) is 6.91. The van der Waals surface area contributed by atoms with Gasteiger partial charge >= 0.3 is 0 Å². The zero-order valence-electron chi connectivity index (χ0n) is 14.9. The van der Waals surface area contributed by atoms with Gasteiger partial charge in [-0.15, -0.1) is 24.8 Å². The molecular weight excluding hydrogens is 359 g/mol. The Morgan fingerprint density at radius 1 is 1.16 bits per heavy atom. The number of aromatic nitrogens is 1. The van der Waals surface area contributed by atoms with Gasteiger partial charge < -0.3 is 15.5 Å². The Morgan fingerprint density at radius 3 is 2.40 bits per heavy atom. The molecule has 2 fully saturated rings. The largest absolute Gasteiger partial charge is 0.356 e. The predicted octanol–water partition coefficient (Wildman–Crippen LogP) is 3.11. The number of piperidine rings is 2. The van der Waals surface area contributed by atoms with Crippen molar-refractivity contribution in [3.05, 3.63) is 23.9 Å². The molecule has 7 heteroatoms. The minimum atomic E-state index is 0. The molecule has 0 radical (unpaired) electrons. The number of likely N-dealkylation sites (tertiary alicyclic amines) is 1. The van der Waals surface area contributed by atoms with Gasteiger partial charge in [0.05, 0.1) is 5.56 Å². The summed E-state index contributed by atoms with van der Waals surface area (Å²) in [6, 6.07) is 4.02. The molecule has 1 atom stereocenters. The quantitative estimate of drug-likeness (QED) is 0.863. The molecule has 142 valence electrons. The van der Waals surface area contributed by atoms with E-state index in [1.54, 1.807) is 6.20 Å². The highest BCUT2D eigenvalue weighted by Gasteiger charge is 2.28. The fourth-order valence-electron chi connectivity index (χ4n) is 3.72. The third kappa shape index (κ3) is 5.22. The molecule has 0 aromatic carbocycles. The van der Waals surface area contributed by atoms with E-state index in [-0.39, 0.29) is 36.8 Å². The smallest absolute Gasteiger partial charge is 0.257 e. The normalized spacial score (nSPS) is 19.6. The SMILES string of the molecule is CC(N)C1CCN(C(=O)c2cccnc2N2CCCCC2)CC1.Cl.Cl. The van der Waals surface area contributed by atoms with Crippen LogP contribution in [0.3, 0.4) is 0 Å². The molecular formula is C18H30Cl2N4O. The summed E-state index contributed by atoms with van der Waals surface area (Å²) in [7, 11) is 0. The summed E-state index contributed by atoms with van der Waals surface area (Å²) in [6.07, 6.45) is 7.44. The van der Waals surface area contributed by atoms with Crippen LogP contribution in [0.25, 0.3) is 0 Å². The summed E-state index contributed by atoms with van der Waals surface area (Å²) in [4.78, 5) is 21.7. The number of pyridine rings is 1. The van der Waals surface area contributed by atoms with Crippen molar-refractivity contribution in [1.82, 2.24) is 9.88 Å². The van der Waals surface area contributed by atoms with Crippen molar-refractivity contribution in [2.45, 2.75) is 45.1 Å². The van der Waals surface area contributed by atoms with Crippen LogP contribution in [0.15, 0.2) is 18.3 Å². The average molecular weight is 389 g/mol. The molecule has 3 rings (SSSR count). The second kappa shape index (κ2) is 10.2. The highest BCUT2D eigenvalue weighted by atomic mass is 35.5. The number of nitrogens with two attached hydrogens (primary N) is 1. The molecule has 0 aliphatic carbocycles. The first-order valence-corrected chi connectivity index (χ1v) is 8.91. The first-order valence-electron chi connectivity index (χ1n) is 8.91. The van der Waals surface area contributed by atoms with Crippen molar-refractivity contribution in [2.24, 2.45) is 11.7 Å². The van der Waals surface area contributed by atoms with E-state index in [4.69, 9.17) is 5.73 Å². The van der Waals surface area contributed by atoms with Crippen LogP contribution in [0, 0.1) is 5.92 Å². The number of amides is 1. The van der Waals surface area contributed by atoms with E-state index in [9.17, 15) is 4.79 Å². The maximum atomic E-state index is 13.0. The van der Waals surface area contributed by atoms with Gasteiger partial charge in [0.15, 0.2) is 0 Å². The number of carbonyl (C=O) groups is 1. The van der Waals surface area contributed by atoms with Crippen molar-refractivity contribution >= 4 is 36.5 Å². The van der Waals surface area contributed by atoms with Crippen LogP contribution in [0.4, 0.5) is 5.82 Å².